The second kappa shape index (κ2) is 5.98. The molecule has 0 unspecified atom stereocenters. The van der Waals surface area contributed by atoms with E-state index in [-0.39, 0.29) is 0 Å². The van der Waals surface area contributed by atoms with Gasteiger partial charge in [0.1, 0.15) is 0 Å². The highest BCUT2D eigenvalue weighted by Gasteiger charge is 1.94. The van der Waals surface area contributed by atoms with Crippen molar-refractivity contribution in [1.82, 2.24) is 0 Å². The van der Waals surface area contributed by atoms with E-state index in [1.807, 2.05) is 37.3 Å². The predicted octanol–water partition coefficient (Wildman–Crippen LogP) is 2.52. The molecule has 1 aromatic rings. The molecule has 0 saturated carbocycles. The van der Waals surface area contributed by atoms with Crippen molar-refractivity contribution < 1.29 is 0 Å². The van der Waals surface area contributed by atoms with E-state index in [0.29, 0.717) is 5.84 Å². The molecule has 0 radical (unpaired) electrons. The highest BCUT2D eigenvalue weighted by Crippen LogP contribution is 1.98. The van der Waals surface area contributed by atoms with E-state index in [1.165, 1.54) is 5.54 Å². The Bertz CT molecular complexity index is 394. The zero-order chi connectivity index (χ0) is 11.1. The summed E-state index contributed by atoms with van der Waals surface area (Å²) in [5, 5.41) is 7.65. The monoisotopic (exact) mass is 221 g/mol. The molecule has 4 heteroatoms. The van der Waals surface area contributed by atoms with E-state index in [1.54, 1.807) is 6.21 Å². The van der Waals surface area contributed by atoms with Crippen molar-refractivity contribution in [2.24, 2.45) is 15.9 Å². The van der Waals surface area contributed by atoms with Gasteiger partial charge in [-0.1, -0.05) is 41.9 Å². The average molecular weight is 222 g/mol. The van der Waals surface area contributed by atoms with Crippen LogP contribution in [0.3, 0.4) is 0 Å². The lowest BCUT2D eigenvalue weighted by molar-refractivity contribution is 1.23. The first-order valence-corrected chi connectivity index (χ1v) is 4.86. The van der Waals surface area contributed by atoms with Gasteiger partial charge in [-0.05, 0) is 12.5 Å². The number of halogens is 1. The number of hydrogen-bond acceptors (Lipinski definition) is 2. The lowest BCUT2D eigenvalue weighted by Gasteiger charge is -1.96. The van der Waals surface area contributed by atoms with E-state index in [2.05, 4.69) is 10.2 Å². The molecule has 3 nitrogen and oxygen atoms in total. The van der Waals surface area contributed by atoms with Gasteiger partial charge in [0.2, 0.25) is 0 Å². The molecule has 0 aliphatic heterocycles. The molecule has 0 atom stereocenters. The Labute approximate surface area is 94.0 Å². The number of rotatable bonds is 3. The zero-order valence-corrected chi connectivity index (χ0v) is 9.15. The molecule has 15 heavy (non-hydrogen) atoms. The summed E-state index contributed by atoms with van der Waals surface area (Å²) in [7, 11) is 0. The van der Waals surface area contributed by atoms with Crippen molar-refractivity contribution in [3.05, 3.63) is 47.0 Å². The Balaban J connectivity index is 2.74. The topological polar surface area (TPSA) is 50.7 Å². The second-order valence-corrected chi connectivity index (χ2v) is 3.17. The van der Waals surface area contributed by atoms with Gasteiger partial charge in [0, 0.05) is 11.1 Å². The fourth-order valence-electron chi connectivity index (χ4n) is 0.877. The SMILES string of the molecule is CC(/C=N/N=C(\N)c1ccccc1)=C\Cl. The standard InChI is InChI=1S/C11H12ClN3/c1-9(7-12)8-14-15-11(13)10-5-3-2-4-6-10/h2-8H,1H3,(H2,13,15)/b9-7+,14-8+. The van der Waals surface area contributed by atoms with Crippen molar-refractivity contribution in [2.45, 2.75) is 6.92 Å². The second-order valence-electron chi connectivity index (χ2n) is 2.95. The van der Waals surface area contributed by atoms with E-state index >= 15 is 0 Å². The summed E-state index contributed by atoms with van der Waals surface area (Å²) in [6.07, 6.45) is 1.54. The van der Waals surface area contributed by atoms with Gasteiger partial charge in [0.05, 0.1) is 6.21 Å². The Hall–Kier alpha value is -1.61. The molecule has 0 aliphatic carbocycles. The Kier molecular flexibility index (Phi) is 4.57. The van der Waals surface area contributed by atoms with Crippen LogP contribution in [0, 0.1) is 0 Å². The van der Waals surface area contributed by atoms with Gasteiger partial charge in [-0.2, -0.15) is 5.10 Å². The predicted molar refractivity (Wildman–Crippen MR) is 65.3 cm³/mol. The highest BCUT2D eigenvalue weighted by molar-refractivity contribution is 6.26. The fraction of sp³-hybridized carbons (Fsp3) is 0.0909. The van der Waals surface area contributed by atoms with E-state index < -0.39 is 0 Å². The zero-order valence-electron chi connectivity index (χ0n) is 8.39. The fourth-order valence-corrected chi connectivity index (χ4v) is 0.933. The van der Waals surface area contributed by atoms with Crippen molar-refractivity contribution in [3.63, 3.8) is 0 Å². The molecule has 0 aliphatic rings. The third-order valence-electron chi connectivity index (χ3n) is 1.67. The normalized spacial score (nSPS) is 13.5. The summed E-state index contributed by atoms with van der Waals surface area (Å²) in [6.45, 7) is 1.82. The molecule has 0 amide bonds. The van der Waals surface area contributed by atoms with Crippen LogP contribution in [0.5, 0.6) is 0 Å². The minimum atomic E-state index is 0.384. The third kappa shape index (κ3) is 3.95. The number of nitrogens with two attached hydrogens (primary N) is 1. The first-order valence-electron chi connectivity index (χ1n) is 4.43. The first kappa shape index (κ1) is 11.5. The number of hydrogen-bond donors (Lipinski definition) is 1. The highest BCUT2D eigenvalue weighted by atomic mass is 35.5. The quantitative estimate of drug-likeness (QED) is 0.476. The number of amidine groups is 1. The van der Waals surface area contributed by atoms with Gasteiger partial charge < -0.3 is 5.73 Å². The molecule has 0 saturated heterocycles. The van der Waals surface area contributed by atoms with Crippen molar-refractivity contribution in [1.29, 1.82) is 0 Å². The summed E-state index contributed by atoms with van der Waals surface area (Å²) in [5.74, 6) is 0.384. The summed E-state index contributed by atoms with van der Waals surface area (Å²) in [4.78, 5) is 0. The lowest BCUT2D eigenvalue weighted by atomic mass is 10.2. The molecule has 2 N–H and O–H groups in total. The summed E-state index contributed by atoms with van der Waals surface area (Å²) in [5.41, 5.74) is 8.80. The van der Waals surface area contributed by atoms with Crippen LogP contribution >= 0.6 is 11.6 Å². The molecular formula is C11H12ClN3. The smallest absolute Gasteiger partial charge is 0.153 e. The Morgan fingerprint density at radius 3 is 2.60 bits per heavy atom. The molecule has 0 heterocycles. The van der Waals surface area contributed by atoms with Crippen LogP contribution in [-0.2, 0) is 0 Å². The third-order valence-corrected chi connectivity index (χ3v) is 2.01. The number of allylic oxidation sites excluding steroid dienone is 1. The molecule has 0 bridgehead atoms. The average Bonchev–Trinajstić information content (AvgIpc) is 2.29. The van der Waals surface area contributed by atoms with E-state index in [4.69, 9.17) is 17.3 Å². The van der Waals surface area contributed by atoms with Crippen molar-refractivity contribution in [2.75, 3.05) is 0 Å². The van der Waals surface area contributed by atoms with Gasteiger partial charge in [0.15, 0.2) is 5.84 Å². The van der Waals surface area contributed by atoms with Crippen LogP contribution in [-0.4, -0.2) is 12.1 Å². The van der Waals surface area contributed by atoms with Gasteiger partial charge in [-0.25, -0.2) is 0 Å². The molecule has 0 spiro atoms. The van der Waals surface area contributed by atoms with Crippen molar-refractivity contribution >= 4 is 23.7 Å². The maximum atomic E-state index is 5.71. The maximum absolute atomic E-state index is 5.71. The summed E-state index contributed by atoms with van der Waals surface area (Å²) < 4.78 is 0. The Morgan fingerprint density at radius 1 is 1.33 bits per heavy atom. The minimum absolute atomic E-state index is 0.384. The van der Waals surface area contributed by atoms with Crippen LogP contribution in [0.2, 0.25) is 0 Å². The molecule has 0 fully saturated rings. The molecule has 0 aromatic heterocycles. The largest absolute Gasteiger partial charge is 0.382 e. The lowest BCUT2D eigenvalue weighted by Crippen LogP contribution is -2.12. The van der Waals surface area contributed by atoms with Crippen LogP contribution in [0.15, 0.2) is 51.6 Å². The Morgan fingerprint density at radius 2 is 2.00 bits per heavy atom. The molecule has 78 valence electrons. The van der Waals surface area contributed by atoms with Gasteiger partial charge in [-0.15, -0.1) is 5.10 Å². The van der Waals surface area contributed by atoms with Gasteiger partial charge in [0.25, 0.3) is 0 Å². The van der Waals surface area contributed by atoms with Crippen LogP contribution in [0.4, 0.5) is 0 Å². The van der Waals surface area contributed by atoms with Crippen LogP contribution < -0.4 is 5.73 Å². The number of nitrogens with zero attached hydrogens (tertiary/aromatic N) is 2. The van der Waals surface area contributed by atoms with Gasteiger partial charge >= 0.3 is 0 Å². The first-order chi connectivity index (χ1) is 7.24. The van der Waals surface area contributed by atoms with Crippen LogP contribution in [0.25, 0.3) is 0 Å². The summed E-state index contributed by atoms with van der Waals surface area (Å²) in [6, 6.07) is 9.45. The molecule has 1 rings (SSSR count). The number of benzene rings is 1. The van der Waals surface area contributed by atoms with E-state index in [0.717, 1.165) is 11.1 Å². The maximum Gasteiger partial charge on any atom is 0.153 e. The summed E-state index contributed by atoms with van der Waals surface area (Å²) >= 11 is 5.45. The minimum Gasteiger partial charge on any atom is -0.382 e. The van der Waals surface area contributed by atoms with E-state index in [9.17, 15) is 0 Å². The molecule has 1 aromatic carbocycles. The van der Waals surface area contributed by atoms with Crippen molar-refractivity contribution in [3.8, 4) is 0 Å². The molecular weight excluding hydrogens is 210 g/mol. The van der Waals surface area contributed by atoms with Crippen LogP contribution in [0.1, 0.15) is 12.5 Å². The van der Waals surface area contributed by atoms with Gasteiger partial charge in [-0.3, -0.25) is 0 Å².